The number of hydrogen-bond donors (Lipinski definition) is 23. The van der Waals surface area contributed by atoms with Crippen LogP contribution in [0.4, 0.5) is 0 Å². The number of benzene rings is 1. The molecule has 0 aromatic heterocycles. The number of ether oxygens (including phenoxy) is 14. The zero-order valence-electron chi connectivity index (χ0n) is 46.7. The Kier molecular flexibility index (Phi) is 23.9. The minimum atomic E-state index is -2.30. The molecule has 22 rings (SSSR count). The van der Waals surface area contributed by atoms with Crippen molar-refractivity contribution in [1.29, 1.82) is 0 Å². The van der Waals surface area contributed by atoms with Gasteiger partial charge in [-0.1, -0.05) is 12.1 Å². The van der Waals surface area contributed by atoms with Gasteiger partial charge in [0.05, 0.1) is 39.6 Å². The van der Waals surface area contributed by atoms with E-state index in [1.807, 2.05) is 0 Å². The minimum absolute atomic E-state index is 0.133. The molecule has 21 fully saturated rings. The molecule has 23 N–H and O–H groups in total. The van der Waals surface area contributed by atoms with Crippen LogP contribution in [0, 0.1) is 0 Å². The smallest absolute Gasteiger partial charge is 0.321 e. The third kappa shape index (κ3) is 14.7. The van der Waals surface area contributed by atoms with Gasteiger partial charge < -0.3 is 184 Å². The van der Waals surface area contributed by atoms with Gasteiger partial charge in [0.15, 0.2) is 44.0 Å². The van der Waals surface area contributed by atoms with Crippen molar-refractivity contribution in [2.45, 2.75) is 227 Å². The van der Waals surface area contributed by atoms with Gasteiger partial charge in [0.1, 0.15) is 183 Å². The average molecular weight is 1300 g/mol. The second-order valence-electron chi connectivity index (χ2n) is 22.6. The fourth-order valence-electron chi connectivity index (χ4n) is 11.8. The number of hydrogen-bond acceptors (Lipinski definition) is 37. The number of aliphatic hydroxyl groups excluding tert-OH is 20. The maximum atomic E-state index is 12.6. The van der Waals surface area contributed by atoms with Crippen LogP contribution in [0.15, 0.2) is 24.3 Å². The lowest BCUT2D eigenvalue weighted by atomic mass is 9.95. The molecule has 0 saturated carbocycles. The standard InChI is InChI=1S/C51H79NO37/c53-7-17-38-25(62)32(69)47(78-17)86-40-19(9-55)80-49(34(71)27(40)64)88-42-21(11-57)82-51(36(73)29(42)66)89-43-22(12-58)81-50(35(72)28(43)65)87-41-20(10-56)79-48(33(70)26(41)63)85-39-18(8-54)77-46(31(68)24(39)61)83-37-16(76-45(84-38)30(67)23(37)60)6-52-15(44(74)75)5-13-1-3-14(59)4-2-13/h1-4,15-43,45-73H,5-12H2,(H,74,75)/t15?,16-,17-,18-,19-,20-,21-,22-,23-,24-,25-,26-,27-,28-,29-,30-,31-,32-,33-,34-,35-,36-,37-,38-,39-,40-,41-,42-,43-,45-,46-,47-,48-,49-,50-,51-/m1/s1. The third-order valence-electron chi connectivity index (χ3n) is 16.8. The van der Waals surface area contributed by atoms with Gasteiger partial charge in [-0.15, -0.1) is 0 Å². The molecule has 89 heavy (non-hydrogen) atoms. The first kappa shape index (κ1) is 70.4. The number of phenolic OH excluding ortho intramolecular Hbond substituents is 1. The summed E-state index contributed by atoms with van der Waals surface area (Å²) >= 11 is 0. The van der Waals surface area contributed by atoms with E-state index in [0.29, 0.717) is 5.56 Å². The summed E-state index contributed by atoms with van der Waals surface area (Å²) in [5.74, 6) is -1.57. The highest BCUT2D eigenvalue weighted by Gasteiger charge is 2.60. The monoisotopic (exact) mass is 1300 g/mol. The number of aliphatic carboxylic acids is 1. The molecular weight excluding hydrogens is 1220 g/mol. The van der Waals surface area contributed by atoms with E-state index in [9.17, 15) is 117 Å². The summed E-state index contributed by atoms with van der Waals surface area (Å²) in [7, 11) is 0. The second kappa shape index (κ2) is 30.2. The van der Waals surface area contributed by atoms with Crippen LogP contribution < -0.4 is 5.32 Å². The molecule has 21 aliphatic heterocycles. The lowest BCUT2D eigenvalue weighted by molar-refractivity contribution is -0.396. The molecule has 0 radical (unpaired) electrons. The molecule has 36 atom stereocenters. The highest BCUT2D eigenvalue weighted by molar-refractivity contribution is 5.74. The van der Waals surface area contributed by atoms with Crippen molar-refractivity contribution >= 4 is 5.97 Å². The van der Waals surface area contributed by atoms with E-state index < -0.39 is 273 Å². The van der Waals surface area contributed by atoms with Gasteiger partial charge in [-0.2, -0.15) is 0 Å². The normalized spacial score (nSPS) is 49.8. The van der Waals surface area contributed by atoms with Crippen molar-refractivity contribution in [2.75, 3.05) is 46.2 Å². The Labute approximate surface area is 503 Å². The van der Waals surface area contributed by atoms with Crippen molar-refractivity contribution < 1.29 is 183 Å². The first-order valence-corrected chi connectivity index (χ1v) is 28.5. The van der Waals surface area contributed by atoms with Gasteiger partial charge in [0.2, 0.25) is 0 Å². The predicted octanol–water partition coefficient (Wildman–Crippen LogP) is -14.2. The zero-order valence-corrected chi connectivity index (χ0v) is 46.7. The predicted molar refractivity (Wildman–Crippen MR) is 273 cm³/mol. The largest absolute Gasteiger partial charge is 0.508 e. The SMILES string of the molecule is O=C(O)C(Cc1ccc(O)cc1)NC[C@H]1O[C@@H]2O[C@H]3[C@H](O)[C@@H](O)[C@@H](O[C@H]4[C@H](O)[C@@H](O)[C@@H](O[C@H]5[C@H](O)[C@@H](O)[C@@H](O[C@H]6[C@H](O)[C@@H](O)[C@@H](O[C@H]7[C@H](O)[C@@H](O)[C@@H](O[C@H]8[C@H](O)[C@@H](O)[C@@H](O[C@H]1[C@H](O)[C@H]2O)O[C@@H]8CO)O[C@@H]7CO)O[C@@H]6CO)O[C@@H]5CO)O[C@@H]4CO)O[C@@H]3CO. The molecule has 510 valence electrons. The number of carbonyl (C=O) groups is 1. The quantitative estimate of drug-likeness (QED) is 0.0924. The molecule has 1 aromatic carbocycles. The zero-order chi connectivity index (χ0) is 64.6. The number of aromatic hydroxyl groups is 1. The molecule has 0 amide bonds. The number of aliphatic hydroxyl groups is 20. The topological polar surface area (TPSA) is 603 Å². The number of carboxylic acids is 1. The lowest BCUT2D eigenvalue weighted by Gasteiger charge is -2.50. The van der Waals surface area contributed by atoms with E-state index in [4.69, 9.17) is 66.3 Å². The summed E-state index contributed by atoms with van der Waals surface area (Å²) in [5, 5.41) is 247. The highest BCUT2D eigenvalue weighted by atomic mass is 16.8. The molecule has 21 saturated heterocycles. The molecule has 0 spiro atoms. The van der Waals surface area contributed by atoms with E-state index in [2.05, 4.69) is 5.32 Å². The summed E-state index contributed by atoms with van der Waals surface area (Å²) in [5.41, 5.74) is 0.397. The van der Waals surface area contributed by atoms with Crippen LogP contribution in [-0.2, 0) is 77.5 Å². The Morgan fingerprint density at radius 1 is 0.326 bits per heavy atom. The van der Waals surface area contributed by atoms with Crippen LogP contribution >= 0.6 is 0 Å². The Morgan fingerprint density at radius 3 is 0.730 bits per heavy atom. The van der Waals surface area contributed by atoms with Gasteiger partial charge in [0, 0.05) is 6.54 Å². The molecule has 14 bridgehead atoms. The van der Waals surface area contributed by atoms with E-state index >= 15 is 0 Å². The Balaban J connectivity index is 1.02. The summed E-state index contributed by atoms with van der Waals surface area (Å²) in [4.78, 5) is 12.6. The maximum absolute atomic E-state index is 12.6. The fraction of sp³-hybridized carbons (Fsp3) is 0.863. The minimum Gasteiger partial charge on any atom is -0.508 e. The first-order valence-electron chi connectivity index (χ1n) is 28.5. The number of rotatable bonds is 12. The van der Waals surface area contributed by atoms with Crippen molar-refractivity contribution in [2.24, 2.45) is 0 Å². The van der Waals surface area contributed by atoms with Gasteiger partial charge >= 0.3 is 5.97 Å². The van der Waals surface area contributed by atoms with Crippen molar-refractivity contribution in [1.82, 2.24) is 5.32 Å². The van der Waals surface area contributed by atoms with Crippen LogP contribution in [0.5, 0.6) is 5.75 Å². The first-order chi connectivity index (χ1) is 42.4. The van der Waals surface area contributed by atoms with Crippen molar-refractivity contribution in [3.05, 3.63) is 29.8 Å². The molecule has 1 unspecified atom stereocenters. The van der Waals surface area contributed by atoms with E-state index in [1.54, 1.807) is 0 Å². The molecule has 21 aliphatic rings. The number of carboxylic acid groups (broad SMARTS) is 1. The van der Waals surface area contributed by atoms with Gasteiger partial charge in [-0.05, 0) is 24.1 Å². The van der Waals surface area contributed by atoms with Crippen LogP contribution in [0.3, 0.4) is 0 Å². The second-order valence-corrected chi connectivity index (χ2v) is 22.6. The molecular formula is C51H79NO37. The average Bonchev–Trinajstić information content (AvgIpc) is 0.971. The van der Waals surface area contributed by atoms with Crippen LogP contribution in [0.1, 0.15) is 5.56 Å². The summed E-state index contributed by atoms with van der Waals surface area (Å²) in [6.45, 7) is -7.18. The molecule has 38 heteroatoms. The van der Waals surface area contributed by atoms with Crippen LogP contribution in [-0.4, -0.2) is 385 Å². The Morgan fingerprint density at radius 2 is 0.528 bits per heavy atom. The van der Waals surface area contributed by atoms with E-state index in [-0.39, 0.29) is 12.2 Å². The van der Waals surface area contributed by atoms with E-state index in [0.717, 1.165) is 0 Å². The molecule has 1 aromatic rings. The van der Waals surface area contributed by atoms with Gasteiger partial charge in [0.25, 0.3) is 0 Å². The van der Waals surface area contributed by atoms with Crippen molar-refractivity contribution in [3.63, 3.8) is 0 Å². The molecule has 0 aliphatic carbocycles. The molecule has 21 heterocycles. The summed E-state index contributed by atoms with van der Waals surface area (Å²) in [6, 6.07) is 3.94. The van der Waals surface area contributed by atoms with E-state index in [1.165, 1.54) is 24.3 Å². The number of phenols is 1. The maximum Gasteiger partial charge on any atom is 0.321 e. The lowest BCUT2D eigenvalue weighted by Crippen LogP contribution is -2.68. The summed E-state index contributed by atoms with van der Waals surface area (Å²) in [6.07, 6.45) is -72.4. The van der Waals surface area contributed by atoms with Gasteiger partial charge in [-0.25, -0.2) is 0 Å². The van der Waals surface area contributed by atoms with Crippen LogP contribution in [0.25, 0.3) is 0 Å². The molecule has 38 nitrogen and oxygen atoms in total. The van der Waals surface area contributed by atoms with Crippen molar-refractivity contribution in [3.8, 4) is 5.75 Å². The van der Waals surface area contributed by atoms with Crippen LogP contribution in [0.2, 0.25) is 0 Å². The van der Waals surface area contributed by atoms with Gasteiger partial charge in [-0.3, -0.25) is 4.79 Å². The fourth-order valence-corrected chi connectivity index (χ4v) is 11.8. The Bertz CT molecular complexity index is 2360. The Hall–Kier alpha value is -2.91. The highest BCUT2D eigenvalue weighted by Crippen LogP contribution is 2.39. The third-order valence-corrected chi connectivity index (χ3v) is 16.8. The number of nitrogens with one attached hydrogen (secondary N) is 1. The summed E-state index contributed by atoms with van der Waals surface area (Å²) < 4.78 is 81.0.